The van der Waals surface area contributed by atoms with Gasteiger partial charge in [0.15, 0.2) is 0 Å². The number of thioether (sulfide) groups is 1. The number of anilines is 1. The zero-order chi connectivity index (χ0) is 12.1. The molecule has 1 amide bonds. The Kier molecular flexibility index (Phi) is 4.45. The third-order valence-corrected chi connectivity index (χ3v) is 3.75. The van der Waals surface area contributed by atoms with E-state index in [-0.39, 0.29) is 11.8 Å². The van der Waals surface area contributed by atoms with Gasteiger partial charge >= 0.3 is 0 Å². The van der Waals surface area contributed by atoms with Crippen LogP contribution < -0.4 is 5.32 Å². The second kappa shape index (κ2) is 6.07. The molecule has 0 aliphatic carbocycles. The monoisotopic (exact) mass is 251 g/mol. The van der Waals surface area contributed by atoms with E-state index < -0.39 is 0 Å². The molecule has 1 heterocycles. The maximum absolute atomic E-state index is 12.1. The van der Waals surface area contributed by atoms with Crippen LogP contribution in [0.5, 0.6) is 0 Å². The summed E-state index contributed by atoms with van der Waals surface area (Å²) in [6.07, 6.45) is 3.67. The Bertz CT molecular complexity index is 389. The summed E-state index contributed by atoms with van der Waals surface area (Å²) in [7, 11) is 0. The third-order valence-electron chi connectivity index (χ3n) is 2.96. The van der Waals surface area contributed by atoms with Crippen LogP contribution in [0.25, 0.3) is 0 Å². The van der Waals surface area contributed by atoms with Gasteiger partial charge in [0.25, 0.3) is 0 Å². The first-order chi connectivity index (χ1) is 8.31. The molecule has 0 bridgehead atoms. The first-order valence-corrected chi connectivity index (χ1v) is 7.05. The Labute approximate surface area is 106 Å². The van der Waals surface area contributed by atoms with E-state index >= 15 is 0 Å². The fourth-order valence-electron chi connectivity index (χ4n) is 1.94. The average Bonchev–Trinajstić information content (AvgIpc) is 2.40. The van der Waals surface area contributed by atoms with E-state index in [1.807, 2.05) is 30.5 Å². The fraction of sp³-hybridized carbons (Fsp3) is 0.462. The van der Waals surface area contributed by atoms with Crippen LogP contribution in [0, 0.1) is 5.92 Å². The summed E-state index contributed by atoms with van der Waals surface area (Å²) in [5, 5.41) is 3.02. The SMILES string of the molecule is CSc1ccccc1NC(=O)C1CCOCC1. The van der Waals surface area contributed by atoms with Crippen LogP contribution in [0.4, 0.5) is 5.69 Å². The lowest BCUT2D eigenvalue weighted by atomic mass is 9.99. The standard InChI is InChI=1S/C13H17NO2S/c1-17-12-5-3-2-4-11(12)14-13(15)10-6-8-16-9-7-10/h2-5,10H,6-9H2,1H3,(H,14,15). The molecule has 1 aromatic rings. The normalized spacial score (nSPS) is 16.8. The number of hydrogen-bond donors (Lipinski definition) is 1. The molecule has 1 aromatic carbocycles. The van der Waals surface area contributed by atoms with Crippen LogP contribution in [-0.2, 0) is 9.53 Å². The number of ether oxygens (including phenoxy) is 1. The van der Waals surface area contributed by atoms with Crippen LogP contribution in [0.15, 0.2) is 29.2 Å². The van der Waals surface area contributed by atoms with Gasteiger partial charge in [0.1, 0.15) is 0 Å². The molecule has 3 nitrogen and oxygen atoms in total. The molecule has 1 aliphatic heterocycles. The molecular weight excluding hydrogens is 234 g/mol. The van der Waals surface area contributed by atoms with Gasteiger partial charge in [-0.3, -0.25) is 4.79 Å². The van der Waals surface area contributed by atoms with Gasteiger partial charge in [-0.15, -0.1) is 11.8 Å². The summed E-state index contributed by atoms with van der Waals surface area (Å²) in [5.41, 5.74) is 0.913. The molecule has 0 aromatic heterocycles. The predicted molar refractivity (Wildman–Crippen MR) is 70.4 cm³/mol. The number of amides is 1. The molecule has 1 N–H and O–H groups in total. The Morgan fingerprint density at radius 1 is 1.35 bits per heavy atom. The topological polar surface area (TPSA) is 38.3 Å². The second-order valence-electron chi connectivity index (χ2n) is 4.08. The molecule has 1 aliphatic rings. The molecule has 0 radical (unpaired) electrons. The van der Waals surface area contributed by atoms with Crippen LogP contribution >= 0.6 is 11.8 Å². The predicted octanol–water partition coefficient (Wildman–Crippen LogP) is 2.77. The quantitative estimate of drug-likeness (QED) is 0.839. The van der Waals surface area contributed by atoms with Gasteiger partial charge in [-0.25, -0.2) is 0 Å². The van der Waals surface area contributed by atoms with E-state index in [1.54, 1.807) is 11.8 Å². The van der Waals surface area contributed by atoms with Crippen molar-refractivity contribution in [3.8, 4) is 0 Å². The molecular formula is C13H17NO2S. The number of nitrogens with one attached hydrogen (secondary N) is 1. The Hall–Kier alpha value is -1.00. The van der Waals surface area contributed by atoms with E-state index in [1.165, 1.54) is 0 Å². The van der Waals surface area contributed by atoms with Crippen molar-refractivity contribution in [3.63, 3.8) is 0 Å². The van der Waals surface area contributed by atoms with Crippen molar-refractivity contribution < 1.29 is 9.53 Å². The van der Waals surface area contributed by atoms with E-state index in [9.17, 15) is 4.79 Å². The number of para-hydroxylation sites is 1. The molecule has 1 fully saturated rings. The fourth-order valence-corrected chi connectivity index (χ4v) is 2.50. The average molecular weight is 251 g/mol. The molecule has 92 valence electrons. The first kappa shape index (κ1) is 12.5. The molecule has 0 spiro atoms. The number of rotatable bonds is 3. The smallest absolute Gasteiger partial charge is 0.227 e. The Morgan fingerprint density at radius 2 is 2.06 bits per heavy atom. The van der Waals surface area contributed by atoms with Gasteiger partial charge in [0.2, 0.25) is 5.91 Å². The highest BCUT2D eigenvalue weighted by molar-refractivity contribution is 7.98. The Morgan fingerprint density at radius 3 is 2.76 bits per heavy atom. The van der Waals surface area contributed by atoms with Crippen LogP contribution in [0.2, 0.25) is 0 Å². The van der Waals surface area contributed by atoms with Crippen LogP contribution in [-0.4, -0.2) is 25.4 Å². The molecule has 0 unspecified atom stereocenters. The third kappa shape index (κ3) is 3.23. The van der Waals surface area contributed by atoms with Gasteiger partial charge in [0, 0.05) is 24.0 Å². The maximum atomic E-state index is 12.1. The molecule has 1 saturated heterocycles. The molecule has 4 heteroatoms. The summed E-state index contributed by atoms with van der Waals surface area (Å²) in [6.45, 7) is 1.39. The second-order valence-corrected chi connectivity index (χ2v) is 4.92. The lowest BCUT2D eigenvalue weighted by molar-refractivity contribution is -0.122. The van der Waals surface area contributed by atoms with Gasteiger partial charge in [-0.2, -0.15) is 0 Å². The molecule has 17 heavy (non-hydrogen) atoms. The van der Waals surface area contributed by atoms with Gasteiger partial charge in [-0.1, -0.05) is 12.1 Å². The van der Waals surface area contributed by atoms with Crippen molar-refractivity contribution in [1.29, 1.82) is 0 Å². The minimum atomic E-state index is 0.0960. The zero-order valence-electron chi connectivity index (χ0n) is 9.94. The maximum Gasteiger partial charge on any atom is 0.227 e. The number of carbonyl (C=O) groups excluding carboxylic acids is 1. The minimum Gasteiger partial charge on any atom is -0.381 e. The molecule has 2 rings (SSSR count). The van der Waals surface area contributed by atoms with Gasteiger partial charge in [-0.05, 0) is 31.2 Å². The van der Waals surface area contributed by atoms with Gasteiger partial charge < -0.3 is 10.1 Å². The number of carbonyl (C=O) groups is 1. The van der Waals surface area contributed by atoms with Crippen molar-refractivity contribution in [1.82, 2.24) is 0 Å². The zero-order valence-corrected chi connectivity index (χ0v) is 10.8. The van der Waals surface area contributed by atoms with E-state index in [0.29, 0.717) is 13.2 Å². The lowest BCUT2D eigenvalue weighted by Gasteiger charge is -2.21. The van der Waals surface area contributed by atoms with Crippen molar-refractivity contribution in [3.05, 3.63) is 24.3 Å². The molecule has 0 atom stereocenters. The van der Waals surface area contributed by atoms with Crippen LogP contribution in [0.3, 0.4) is 0 Å². The summed E-state index contributed by atoms with van der Waals surface area (Å²) in [5.74, 6) is 0.216. The van der Waals surface area contributed by atoms with E-state index in [4.69, 9.17) is 4.74 Å². The van der Waals surface area contributed by atoms with Crippen molar-refractivity contribution in [2.24, 2.45) is 5.92 Å². The Balaban J connectivity index is 2.01. The van der Waals surface area contributed by atoms with E-state index in [0.717, 1.165) is 23.4 Å². The number of benzene rings is 1. The first-order valence-electron chi connectivity index (χ1n) is 5.83. The highest BCUT2D eigenvalue weighted by Crippen LogP contribution is 2.26. The number of hydrogen-bond acceptors (Lipinski definition) is 3. The summed E-state index contributed by atoms with van der Waals surface area (Å²) < 4.78 is 5.26. The van der Waals surface area contributed by atoms with Crippen molar-refractivity contribution >= 4 is 23.4 Å². The van der Waals surface area contributed by atoms with Crippen molar-refractivity contribution in [2.75, 3.05) is 24.8 Å². The lowest BCUT2D eigenvalue weighted by Crippen LogP contribution is -2.28. The largest absolute Gasteiger partial charge is 0.381 e. The summed E-state index contributed by atoms with van der Waals surface area (Å²) >= 11 is 1.64. The van der Waals surface area contributed by atoms with E-state index in [2.05, 4.69) is 5.32 Å². The minimum absolute atomic E-state index is 0.0960. The highest BCUT2D eigenvalue weighted by Gasteiger charge is 2.21. The highest BCUT2D eigenvalue weighted by atomic mass is 32.2. The molecule has 0 saturated carbocycles. The summed E-state index contributed by atoms with van der Waals surface area (Å²) in [6, 6.07) is 7.89. The summed E-state index contributed by atoms with van der Waals surface area (Å²) in [4.78, 5) is 13.2. The van der Waals surface area contributed by atoms with Crippen LogP contribution in [0.1, 0.15) is 12.8 Å². The van der Waals surface area contributed by atoms with Gasteiger partial charge in [0.05, 0.1) is 5.69 Å². The van der Waals surface area contributed by atoms with Crippen molar-refractivity contribution in [2.45, 2.75) is 17.7 Å².